The highest BCUT2D eigenvalue weighted by molar-refractivity contribution is 7.99. The molecular formula is C65H46F9N17O4S3. The number of alkyl halides is 9. The number of hydrogen-bond donors (Lipinski definition) is 6. The van der Waals surface area contributed by atoms with Crippen LogP contribution in [0.1, 0.15) is 82.5 Å². The van der Waals surface area contributed by atoms with E-state index < -0.39 is 58.3 Å². The number of H-pyrrole nitrogens is 3. The Hall–Kier alpha value is -11.2. The van der Waals surface area contributed by atoms with Gasteiger partial charge in [-0.05, 0) is 120 Å². The highest BCUT2D eigenvalue weighted by Crippen LogP contribution is 2.39. The number of carbonyl (C=O) groups is 4. The van der Waals surface area contributed by atoms with Gasteiger partial charge in [0, 0.05) is 70.2 Å². The van der Waals surface area contributed by atoms with Crippen molar-refractivity contribution < 1.29 is 58.7 Å². The average molecular weight is 1400 g/mol. The molecule has 6 aromatic carbocycles. The Balaban J connectivity index is 0.000000149. The summed E-state index contributed by atoms with van der Waals surface area (Å²) in [6.07, 6.45) is -4.70. The molecule has 6 aromatic heterocycles. The van der Waals surface area contributed by atoms with Crippen LogP contribution in [0.3, 0.4) is 0 Å². The van der Waals surface area contributed by atoms with Gasteiger partial charge in [-0.3, -0.25) is 34.5 Å². The van der Waals surface area contributed by atoms with Gasteiger partial charge < -0.3 is 20.9 Å². The van der Waals surface area contributed by atoms with E-state index in [1.165, 1.54) is 66.8 Å². The summed E-state index contributed by atoms with van der Waals surface area (Å²) in [6, 6.07) is 31.6. The van der Waals surface area contributed by atoms with E-state index in [4.69, 9.17) is 5.26 Å². The molecule has 98 heavy (non-hydrogen) atoms. The van der Waals surface area contributed by atoms with Crippen LogP contribution in [0.5, 0.6) is 0 Å². The zero-order chi connectivity index (χ0) is 69.3. The van der Waals surface area contributed by atoms with Gasteiger partial charge in [0.1, 0.15) is 34.1 Å². The molecular weight excluding hydrogens is 1350 g/mol. The summed E-state index contributed by atoms with van der Waals surface area (Å²) in [5, 5.41) is 41.2. The Morgan fingerprint density at radius 1 is 0.500 bits per heavy atom. The SMILES string of the molecule is CC(=O)N1CCc2cc(NC(=O)c3cccc(CSc4ncnc5[nH]ncc45)c3)ccc21.N#Cc1ccc(NC(=O)c2cccc(CSc3ncnc4[nH]ncc34)c2)cc1C(F)(F)F.O=C(Nc1cc(C(F)(F)F)cc(C(F)(F)F)c1)c1cccc(CSc2ncnc3[nH]ncc23)c1. The van der Waals surface area contributed by atoms with Gasteiger partial charge in [-0.25, -0.2) is 29.9 Å². The van der Waals surface area contributed by atoms with Crippen molar-refractivity contribution in [3.63, 3.8) is 0 Å². The third-order valence-corrected chi connectivity index (χ3v) is 17.7. The molecule has 0 atom stereocenters. The fourth-order valence-corrected chi connectivity index (χ4v) is 12.6. The van der Waals surface area contributed by atoms with E-state index in [9.17, 15) is 58.7 Å². The van der Waals surface area contributed by atoms with Crippen molar-refractivity contribution in [1.29, 1.82) is 5.26 Å². The predicted molar refractivity (Wildman–Crippen MR) is 348 cm³/mol. The maximum atomic E-state index is 13.1. The molecule has 4 amide bonds. The first-order valence-corrected chi connectivity index (χ1v) is 31.7. The first-order chi connectivity index (χ1) is 46.9. The maximum Gasteiger partial charge on any atom is 0.417 e. The fourth-order valence-electron chi connectivity index (χ4n) is 9.83. The molecule has 0 radical (unpaired) electrons. The van der Waals surface area contributed by atoms with E-state index in [0.717, 1.165) is 67.4 Å². The van der Waals surface area contributed by atoms with Crippen LogP contribution < -0.4 is 20.9 Å². The number of rotatable bonds is 15. The van der Waals surface area contributed by atoms with Gasteiger partial charge in [0.25, 0.3) is 17.7 Å². The van der Waals surface area contributed by atoms with Gasteiger partial charge in [-0.15, -0.1) is 35.3 Å². The summed E-state index contributed by atoms with van der Waals surface area (Å²) in [5.74, 6) is 0.0157. The smallest absolute Gasteiger partial charge is 0.322 e. The standard InChI is InChI=1S/C23H20N6O2S.C21H13F6N5OS.C21H13F3N6OS/c1-14(30)29-8-7-16-10-18(5-6-20(16)29)27-22(31)17-4-2-3-15(9-17)12-32-23-19-11-26-28-21(19)24-13-25-23;22-20(23,24)13-5-14(21(25,26)27)7-15(6-13)31-18(33)12-3-1-2-11(4-12)9-34-19-16-8-30-32-17(16)28-10-29-19;22-21(23,24)17-7-15(5-4-14(17)8-25)29-19(31)13-3-1-2-12(6-13)10-32-20-16-9-28-30-18(16)26-11-27-20/h2-6,9-11,13H,7-8,12H2,1H3,(H,27,31)(H,24,25,26,28);1-8,10H,9H2,(H,31,33)(H,28,29,30,32);1-7,9,11H,10H2,(H,29,31)(H,26,27,28,30). The number of aromatic amines is 3. The molecule has 33 heteroatoms. The van der Waals surface area contributed by atoms with Crippen LogP contribution in [-0.4, -0.2) is 90.7 Å². The van der Waals surface area contributed by atoms with Crippen molar-refractivity contribution in [2.45, 2.75) is 64.2 Å². The largest absolute Gasteiger partial charge is 0.417 e. The van der Waals surface area contributed by atoms with Gasteiger partial charge in [0.15, 0.2) is 16.9 Å². The van der Waals surface area contributed by atoms with Crippen molar-refractivity contribution in [2.24, 2.45) is 0 Å². The number of carbonyl (C=O) groups excluding carboxylic acids is 4. The summed E-state index contributed by atoms with van der Waals surface area (Å²) < 4.78 is 118. The Labute approximate surface area is 560 Å². The molecule has 13 rings (SSSR count). The van der Waals surface area contributed by atoms with Crippen molar-refractivity contribution in [1.82, 2.24) is 60.5 Å². The Morgan fingerprint density at radius 3 is 1.31 bits per heavy atom. The molecule has 7 heterocycles. The molecule has 0 saturated heterocycles. The Morgan fingerprint density at radius 2 is 0.908 bits per heavy atom. The van der Waals surface area contributed by atoms with Crippen molar-refractivity contribution >= 4 is 115 Å². The van der Waals surface area contributed by atoms with Crippen molar-refractivity contribution in [3.05, 3.63) is 226 Å². The molecule has 0 fully saturated rings. The van der Waals surface area contributed by atoms with Gasteiger partial charge in [0.05, 0.1) is 63.1 Å². The predicted octanol–water partition coefficient (Wildman–Crippen LogP) is 14.5. The van der Waals surface area contributed by atoms with E-state index in [2.05, 4.69) is 76.4 Å². The quantitative estimate of drug-likeness (QED) is 0.0316. The summed E-state index contributed by atoms with van der Waals surface area (Å²) in [5.41, 5.74) is 2.78. The van der Waals surface area contributed by atoms with Crippen LogP contribution in [0, 0.1) is 11.3 Å². The maximum absolute atomic E-state index is 13.1. The van der Waals surface area contributed by atoms with Crippen LogP contribution in [-0.2, 0) is 47.0 Å². The molecule has 1 aliphatic rings. The van der Waals surface area contributed by atoms with E-state index >= 15 is 0 Å². The van der Waals surface area contributed by atoms with Gasteiger partial charge in [-0.2, -0.15) is 60.1 Å². The number of nitrogens with zero attached hydrogens (tertiary/aromatic N) is 11. The molecule has 6 N–H and O–H groups in total. The van der Waals surface area contributed by atoms with E-state index in [0.29, 0.717) is 74.4 Å². The third-order valence-electron chi connectivity index (χ3n) is 14.5. The number of thioether (sulfide) groups is 3. The second-order valence-electron chi connectivity index (χ2n) is 21.2. The van der Waals surface area contributed by atoms with Crippen LogP contribution in [0.25, 0.3) is 33.1 Å². The first kappa shape index (κ1) is 68.2. The summed E-state index contributed by atoms with van der Waals surface area (Å²) >= 11 is 4.36. The Kier molecular flexibility index (Phi) is 20.4. The summed E-state index contributed by atoms with van der Waals surface area (Å²) in [4.78, 5) is 76.6. The lowest BCUT2D eigenvalue weighted by Crippen LogP contribution is -2.25. The number of benzene rings is 6. The number of nitrogens with one attached hydrogen (secondary N) is 6. The van der Waals surface area contributed by atoms with Crippen LogP contribution in [0.4, 0.5) is 62.3 Å². The second-order valence-corrected chi connectivity index (χ2v) is 24.1. The minimum atomic E-state index is -5.01. The highest BCUT2D eigenvalue weighted by Gasteiger charge is 2.38. The number of fused-ring (bicyclic) bond motifs is 4. The van der Waals surface area contributed by atoms with Crippen LogP contribution in [0.2, 0.25) is 0 Å². The molecule has 0 unspecified atom stereocenters. The lowest BCUT2D eigenvalue weighted by Gasteiger charge is -2.15. The molecule has 1 aliphatic heterocycles. The molecule has 0 bridgehead atoms. The lowest BCUT2D eigenvalue weighted by atomic mass is 10.1. The molecule has 0 aliphatic carbocycles. The number of aromatic nitrogens is 12. The number of nitriles is 1. The summed E-state index contributed by atoms with van der Waals surface area (Å²) in [7, 11) is 0. The molecule has 496 valence electrons. The van der Waals surface area contributed by atoms with Crippen LogP contribution in [0.15, 0.2) is 180 Å². The minimum Gasteiger partial charge on any atom is -0.322 e. The average Bonchev–Trinajstić information content (AvgIpc) is 0.962. The third kappa shape index (κ3) is 16.7. The van der Waals surface area contributed by atoms with Gasteiger partial charge in [0.2, 0.25) is 5.91 Å². The number of hydrogen-bond acceptors (Lipinski definition) is 17. The monoisotopic (exact) mass is 1400 g/mol. The minimum absolute atomic E-state index is 0.00236. The van der Waals surface area contributed by atoms with E-state index in [1.807, 2.05) is 42.5 Å². The van der Waals surface area contributed by atoms with Gasteiger partial charge >= 0.3 is 18.5 Å². The van der Waals surface area contributed by atoms with E-state index in [1.54, 1.807) is 78.6 Å². The molecule has 21 nitrogen and oxygen atoms in total. The number of halogens is 9. The highest BCUT2D eigenvalue weighted by atomic mass is 32.2. The molecule has 0 spiro atoms. The zero-order valence-corrected chi connectivity index (χ0v) is 52.8. The normalized spacial score (nSPS) is 12.1. The second kappa shape index (κ2) is 29.4. The molecule has 12 aromatic rings. The van der Waals surface area contributed by atoms with Crippen molar-refractivity contribution in [3.8, 4) is 6.07 Å². The topological polar surface area (TPSA) is 295 Å². The van der Waals surface area contributed by atoms with Gasteiger partial charge in [-0.1, -0.05) is 36.4 Å². The molecule has 0 saturated carbocycles. The zero-order valence-electron chi connectivity index (χ0n) is 50.3. The fraction of sp³-hybridized carbons (Fsp3) is 0.138. The van der Waals surface area contributed by atoms with Crippen LogP contribution >= 0.6 is 35.3 Å². The van der Waals surface area contributed by atoms with Crippen molar-refractivity contribution in [2.75, 3.05) is 27.4 Å². The lowest BCUT2D eigenvalue weighted by molar-refractivity contribution is -0.143. The summed E-state index contributed by atoms with van der Waals surface area (Å²) in [6.45, 7) is 2.25. The first-order valence-electron chi connectivity index (χ1n) is 28.8. The Bertz CT molecular complexity index is 4990. The number of amides is 4. The number of anilines is 4. The van der Waals surface area contributed by atoms with E-state index in [-0.39, 0.29) is 34.7 Å².